The molecule has 4 nitrogen and oxygen atoms in total. The standard InChI is InChI=1S/C134H266O4/c1-3-5-7-9-11-13-15-17-19-21-23-25-27-29-31-33-35-37-39-41-43-45-47-49-51-53-55-57-59-61-63-65-67-69-71-73-75-77-79-81-83-85-87-89-91-93-95-97-99-101-103-105-107-109-111-113-115-117-119-121-123-127-131-137-133(135)129-125-126-130-134(136)138-132-128-124-122-120-118-116-114-112-110-108-106-104-102-100-98-96-94-92-90-88-86-84-82-80-78-76-74-72-70-68-66-64-62-60-58-56-54-52-50-48-46-44-42-40-38-36-34-32-30-28-26-24-22-20-18-16-14-12-10-8-6-4-2/h3-132H2,1-2H3. The van der Waals surface area contributed by atoms with Gasteiger partial charge in [-0.3, -0.25) is 9.59 Å². The van der Waals surface area contributed by atoms with Crippen molar-refractivity contribution in [1.29, 1.82) is 0 Å². The van der Waals surface area contributed by atoms with Crippen LogP contribution in [0.3, 0.4) is 0 Å². The van der Waals surface area contributed by atoms with Gasteiger partial charge in [0, 0.05) is 12.8 Å². The van der Waals surface area contributed by atoms with E-state index in [0.29, 0.717) is 38.9 Å². The molecule has 0 atom stereocenters. The third-order valence-electron chi connectivity index (χ3n) is 32.5. The number of carbonyl (C=O) groups is 2. The van der Waals surface area contributed by atoms with Gasteiger partial charge in [0.1, 0.15) is 0 Å². The van der Waals surface area contributed by atoms with Crippen LogP contribution in [0, 0.1) is 0 Å². The molecular weight excluding hydrogens is 1670 g/mol. The molecule has 0 amide bonds. The van der Waals surface area contributed by atoms with Crippen molar-refractivity contribution in [1.82, 2.24) is 0 Å². The number of carbonyl (C=O) groups excluding carboxylic acids is 2. The fourth-order valence-corrected chi connectivity index (χ4v) is 22.6. The molecule has 4 heteroatoms. The number of hydrogen-bond donors (Lipinski definition) is 0. The topological polar surface area (TPSA) is 52.6 Å². The summed E-state index contributed by atoms with van der Waals surface area (Å²) in [6.07, 6.45) is 182. The molecule has 138 heavy (non-hydrogen) atoms. The third kappa shape index (κ3) is 131. The van der Waals surface area contributed by atoms with Crippen molar-refractivity contribution in [2.24, 2.45) is 0 Å². The lowest BCUT2D eigenvalue weighted by molar-refractivity contribution is -0.146. The highest BCUT2D eigenvalue weighted by atomic mass is 16.5. The summed E-state index contributed by atoms with van der Waals surface area (Å²) in [7, 11) is 0. The average Bonchev–Trinajstić information content (AvgIpc) is 1.02. The van der Waals surface area contributed by atoms with Crippen LogP contribution in [0.5, 0.6) is 0 Å². The summed E-state index contributed by atoms with van der Waals surface area (Å²) in [5.74, 6) is -0.222. The van der Waals surface area contributed by atoms with Crippen LogP contribution in [0.1, 0.15) is 836 Å². The molecule has 0 fully saturated rings. The lowest BCUT2D eigenvalue weighted by Gasteiger charge is -2.06. The first-order chi connectivity index (χ1) is 68.7. The van der Waals surface area contributed by atoms with Gasteiger partial charge in [-0.25, -0.2) is 0 Å². The van der Waals surface area contributed by atoms with Gasteiger partial charge in [0.25, 0.3) is 0 Å². The third-order valence-corrected chi connectivity index (χ3v) is 32.5. The zero-order valence-corrected chi connectivity index (χ0v) is 96.6. The Morgan fingerprint density at radius 3 is 0.232 bits per heavy atom. The van der Waals surface area contributed by atoms with Crippen molar-refractivity contribution in [2.45, 2.75) is 836 Å². The highest BCUT2D eigenvalue weighted by molar-refractivity contribution is 5.70. The van der Waals surface area contributed by atoms with Crippen LogP contribution in [0.25, 0.3) is 0 Å². The van der Waals surface area contributed by atoms with Crippen molar-refractivity contribution in [3.05, 3.63) is 0 Å². The monoisotopic (exact) mass is 1940 g/mol. The van der Waals surface area contributed by atoms with Gasteiger partial charge in [-0.05, 0) is 25.7 Å². The van der Waals surface area contributed by atoms with E-state index in [1.807, 2.05) is 0 Å². The minimum atomic E-state index is -0.111. The Kier molecular flexibility index (Phi) is 131. The van der Waals surface area contributed by atoms with Crippen molar-refractivity contribution >= 4 is 11.9 Å². The second kappa shape index (κ2) is 132. The van der Waals surface area contributed by atoms with Gasteiger partial charge >= 0.3 is 11.9 Å². The zero-order valence-electron chi connectivity index (χ0n) is 96.6. The summed E-state index contributed by atoms with van der Waals surface area (Å²) in [6, 6.07) is 0. The minimum absolute atomic E-state index is 0.111. The second-order valence-corrected chi connectivity index (χ2v) is 46.8. The molecule has 0 aromatic carbocycles. The molecule has 0 bridgehead atoms. The molecule has 826 valence electrons. The molecule has 0 aromatic rings. The van der Waals surface area contributed by atoms with Crippen LogP contribution < -0.4 is 0 Å². The SMILES string of the molecule is CCCCCCCCCCCCCCCCCCCCCCCCCCCCCCCCCCCCCCCCCCCCCCCCCCCCCCCCCCCCCCCCOC(=O)CCCCC(=O)OCCCCCCCCCCCCCCCCCCCCCCCCCCCCCCCCCCCCCCCCCCCCCCCCCCCCCCCCCCCCCCCC. The summed E-state index contributed by atoms with van der Waals surface area (Å²) in [5.41, 5.74) is 0. The Morgan fingerprint density at radius 2 is 0.159 bits per heavy atom. The number of esters is 2. The van der Waals surface area contributed by atoms with Crippen LogP contribution in [-0.4, -0.2) is 25.2 Å². The molecule has 0 aromatic heterocycles. The molecule has 0 saturated carbocycles. The van der Waals surface area contributed by atoms with E-state index in [1.54, 1.807) is 0 Å². The molecule has 0 saturated heterocycles. The summed E-state index contributed by atoms with van der Waals surface area (Å²) in [4.78, 5) is 24.5. The van der Waals surface area contributed by atoms with Crippen molar-refractivity contribution in [3.63, 3.8) is 0 Å². The normalized spacial score (nSPS) is 11.8. The molecule has 0 aliphatic rings. The minimum Gasteiger partial charge on any atom is -0.466 e. The van der Waals surface area contributed by atoms with Crippen molar-refractivity contribution in [3.8, 4) is 0 Å². The molecular formula is C134H266O4. The van der Waals surface area contributed by atoms with Crippen LogP contribution in [0.2, 0.25) is 0 Å². The van der Waals surface area contributed by atoms with Crippen LogP contribution in [0.15, 0.2) is 0 Å². The van der Waals surface area contributed by atoms with Gasteiger partial charge in [-0.1, -0.05) is 797 Å². The van der Waals surface area contributed by atoms with E-state index in [4.69, 9.17) is 9.47 Å². The van der Waals surface area contributed by atoms with Crippen molar-refractivity contribution < 1.29 is 19.1 Å². The van der Waals surface area contributed by atoms with Crippen LogP contribution >= 0.6 is 0 Å². The van der Waals surface area contributed by atoms with Gasteiger partial charge in [-0.15, -0.1) is 0 Å². The molecule has 0 spiro atoms. The van der Waals surface area contributed by atoms with E-state index in [-0.39, 0.29) is 11.9 Å². The van der Waals surface area contributed by atoms with Gasteiger partial charge in [0.15, 0.2) is 0 Å². The van der Waals surface area contributed by atoms with Gasteiger partial charge in [0.2, 0.25) is 0 Å². The molecule has 0 unspecified atom stereocenters. The Labute approximate surface area is 874 Å². The number of hydrogen-bond acceptors (Lipinski definition) is 4. The summed E-state index contributed by atoms with van der Waals surface area (Å²) in [6.45, 7) is 5.72. The highest BCUT2D eigenvalue weighted by Crippen LogP contribution is 2.27. The smallest absolute Gasteiger partial charge is 0.305 e. The fraction of sp³-hybridized carbons (Fsp3) is 0.985. The Morgan fingerprint density at radius 1 is 0.0942 bits per heavy atom. The van der Waals surface area contributed by atoms with E-state index in [1.165, 1.54) is 770 Å². The number of rotatable bonds is 131. The number of ether oxygens (including phenoxy) is 2. The quantitative estimate of drug-likeness (QED) is 0.0450. The lowest BCUT2D eigenvalue weighted by atomic mass is 10.0. The second-order valence-electron chi connectivity index (χ2n) is 46.8. The summed E-state index contributed by atoms with van der Waals surface area (Å²) in [5, 5.41) is 0. The lowest BCUT2D eigenvalue weighted by Crippen LogP contribution is -2.08. The van der Waals surface area contributed by atoms with E-state index in [0.717, 1.165) is 25.7 Å². The molecule has 0 aliphatic heterocycles. The average molecular weight is 1940 g/mol. The van der Waals surface area contributed by atoms with Crippen LogP contribution in [0.4, 0.5) is 0 Å². The van der Waals surface area contributed by atoms with Crippen molar-refractivity contribution in [2.75, 3.05) is 13.2 Å². The predicted octanol–water partition coefficient (Wildman–Crippen LogP) is 50.0. The molecule has 0 rings (SSSR count). The molecule has 0 N–H and O–H groups in total. The van der Waals surface area contributed by atoms with Gasteiger partial charge < -0.3 is 9.47 Å². The van der Waals surface area contributed by atoms with E-state index in [2.05, 4.69) is 13.8 Å². The maximum absolute atomic E-state index is 12.3. The molecule has 0 radical (unpaired) electrons. The maximum Gasteiger partial charge on any atom is 0.305 e. The summed E-state index contributed by atoms with van der Waals surface area (Å²) < 4.78 is 11.0. The Hall–Kier alpha value is -1.06. The zero-order chi connectivity index (χ0) is 98.5. The van der Waals surface area contributed by atoms with E-state index < -0.39 is 0 Å². The first-order valence-electron chi connectivity index (χ1n) is 67.0. The van der Waals surface area contributed by atoms with E-state index in [9.17, 15) is 9.59 Å². The first kappa shape index (κ1) is 137. The van der Waals surface area contributed by atoms with Crippen LogP contribution in [-0.2, 0) is 19.1 Å². The Bertz CT molecular complexity index is 1940. The molecule has 0 heterocycles. The Balaban J connectivity index is 3.18. The van der Waals surface area contributed by atoms with Gasteiger partial charge in [-0.2, -0.15) is 0 Å². The summed E-state index contributed by atoms with van der Waals surface area (Å²) >= 11 is 0. The highest BCUT2D eigenvalue weighted by Gasteiger charge is 2.10. The fourth-order valence-electron chi connectivity index (χ4n) is 22.6. The predicted molar refractivity (Wildman–Crippen MR) is 624 cm³/mol. The largest absolute Gasteiger partial charge is 0.466 e. The first-order valence-corrected chi connectivity index (χ1v) is 67.0. The van der Waals surface area contributed by atoms with Gasteiger partial charge in [0.05, 0.1) is 13.2 Å². The number of unbranched alkanes of at least 4 members (excludes halogenated alkanes) is 123. The maximum atomic E-state index is 12.3. The molecule has 0 aliphatic carbocycles. The van der Waals surface area contributed by atoms with E-state index >= 15 is 0 Å².